The predicted molar refractivity (Wildman–Crippen MR) is 77.5 cm³/mol. The Balaban J connectivity index is 2.16. The fraction of sp³-hybridized carbons (Fsp3) is 0.667. The molecule has 1 aromatic rings. The van der Waals surface area contributed by atoms with Crippen LogP contribution in [-0.4, -0.2) is 49.6 Å². The number of rotatable bonds is 2. The zero-order valence-corrected chi connectivity index (χ0v) is 12.8. The van der Waals surface area contributed by atoms with E-state index in [2.05, 4.69) is 51.3 Å². The quantitative estimate of drug-likeness (QED) is 0.907. The summed E-state index contributed by atoms with van der Waals surface area (Å²) < 4.78 is 1.15. The van der Waals surface area contributed by atoms with Crippen LogP contribution in [0.1, 0.15) is 17.3 Å². The van der Waals surface area contributed by atoms with Crippen LogP contribution in [0.4, 0.5) is 0 Å². The Hall–Kier alpha value is 0.0600. The summed E-state index contributed by atoms with van der Waals surface area (Å²) in [6.45, 7) is 3.34. The molecule has 3 nitrogen and oxygen atoms in total. The highest BCUT2D eigenvalue weighted by Gasteiger charge is 2.28. The molecule has 17 heavy (non-hydrogen) atoms. The number of thiophene rings is 1. The molecule has 96 valence electrons. The Bertz CT molecular complexity index is 368. The molecule has 2 atom stereocenters. The van der Waals surface area contributed by atoms with Crippen LogP contribution in [0.15, 0.2) is 15.9 Å². The van der Waals surface area contributed by atoms with Gasteiger partial charge in [-0.05, 0) is 61.0 Å². The van der Waals surface area contributed by atoms with Crippen molar-refractivity contribution in [3.8, 4) is 0 Å². The van der Waals surface area contributed by atoms with Crippen molar-refractivity contribution in [3.05, 3.63) is 20.8 Å². The molecule has 0 spiro atoms. The summed E-state index contributed by atoms with van der Waals surface area (Å²) in [5.41, 5.74) is 6.45. The molecule has 2 N–H and O–H groups in total. The summed E-state index contributed by atoms with van der Waals surface area (Å²) in [7, 11) is 4.37. The monoisotopic (exact) mass is 317 g/mol. The maximum absolute atomic E-state index is 6.45. The molecule has 1 aliphatic heterocycles. The Morgan fingerprint density at radius 3 is 2.88 bits per heavy atom. The van der Waals surface area contributed by atoms with Gasteiger partial charge in [-0.2, -0.15) is 0 Å². The van der Waals surface area contributed by atoms with E-state index in [-0.39, 0.29) is 6.04 Å². The minimum absolute atomic E-state index is 0.0925. The van der Waals surface area contributed by atoms with Gasteiger partial charge in [-0.1, -0.05) is 0 Å². The van der Waals surface area contributed by atoms with E-state index in [0.29, 0.717) is 6.04 Å². The molecular formula is C12H20BrN3S. The van der Waals surface area contributed by atoms with Crippen LogP contribution >= 0.6 is 27.3 Å². The Kier molecular flexibility index (Phi) is 4.60. The number of halogens is 1. The van der Waals surface area contributed by atoms with E-state index in [1.54, 1.807) is 11.3 Å². The Labute approximate surface area is 116 Å². The molecule has 0 amide bonds. The fourth-order valence-corrected chi connectivity index (χ4v) is 4.11. The van der Waals surface area contributed by atoms with Gasteiger partial charge in [-0.25, -0.2) is 0 Å². The van der Waals surface area contributed by atoms with E-state index < -0.39 is 0 Å². The van der Waals surface area contributed by atoms with Crippen molar-refractivity contribution < 1.29 is 0 Å². The second kappa shape index (κ2) is 5.80. The topological polar surface area (TPSA) is 32.5 Å². The van der Waals surface area contributed by atoms with Gasteiger partial charge in [-0.15, -0.1) is 11.3 Å². The molecule has 1 fully saturated rings. The molecule has 2 rings (SSSR count). The van der Waals surface area contributed by atoms with E-state index in [1.807, 2.05) is 0 Å². The van der Waals surface area contributed by atoms with Crippen LogP contribution < -0.4 is 5.73 Å². The zero-order chi connectivity index (χ0) is 12.4. The van der Waals surface area contributed by atoms with Gasteiger partial charge in [0.15, 0.2) is 0 Å². The lowest BCUT2D eigenvalue weighted by molar-refractivity contribution is 0.197. The molecule has 0 radical (unpaired) electrons. The smallest absolute Gasteiger partial charge is 0.0571 e. The number of nitrogens with zero attached hydrogens (tertiary/aromatic N) is 2. The van der Waals surface area contributed by atoms with Crippen molar-refractivity contribution in [3.63, 3.8) is 0 Å². The van der Waals surface area contributed by atoms with Crippen LogP contribution in [0.3, 0.4) is 0 Å². The largest absolute Gasteiger partial charge is 0.322 e. The zero-order valence-electron chi connectivity index (χ0n) is 10.4. The molecule has 1 saturated heterocycles. The standard InChI is InChI=1S/C12H20BrN3S/c1-15-5-3-6-16(2)10(8-15)11(14)12-9(13)4-7-17-12/h4,7,10-11H,3,5-6,8,14H2,1-2H3. The first-order chi connectivity index (χ1) is 8.09. The molecule has 1 aromatic heterocycles. The highest BCUT2D eigenvalue weighted by atomic mass is 79.9. The van der Waals surface area contributed by atoms with Gasteiger partial charge >= 0.3 is 0 Å². The van der Waals surface area contributed by atoms with E-state index in [1.165, 1.54) is 17.8 Å². The Morgan fingerprint density at radius 2 is 2.24 bits per heavy atom. The average Bonchev–Trinajstić information content (AvgIpc) is 2.63. The van der Waals surface area contributed by atoms with Crippen molar-refractivity contribution in [1.29, 1.82) is 0 Å². The van der Waals surface area contributed by atoms with Crippen molar-refractivity contribution >= 4 is 27.3 Å². The van der Waals surface area contributed by atoms with Crippen molar-refractivity contribution in [2.75, 3.05) is 33.7 Å². The lowest BCUT2D eigenvalue weighted by Gasteiger charge is -2.32. The maximum Gasteiger partial charge on any atom is 0.0571 e. The lowest BCUT2D eigenvalue weighted by Crippen LogP contribution is -2.45. The maximum atomic E-state index is 6.45. The van der Waals surface area contributed by atoms with Gasteiger partial charge in [0.05, 0.1) is 6.04 Å². The summed E-state index contributed by atoms with van der Waals surface area (Å²) in [6.07, 6.45) is 1.22. The first-order valence-corrected chi connectivity index (χ1v) is 7.64. The third-order valence-corrected chi connectivity index (χ3v) is 5.45. The Morgan fingerprint density at radius 1 is 1.47 bits per heavy atom. The summed E-state index contributed by atoms with van der Waals surface area (Å²) in [5.74, 6) is 0. The molecule has 0 saturated carbocycles. The highest BCUT2D eigenvalue weighted by Crippen LogP contribution is 2.31. The van der Waals surface area contributed by atoms with Gasteiger partial charge in [-0.3, -0.25) is 0 Å². The number of nitrogens with two attached hydrogens (primary N) is 1. The molecule has 2 unspecified atom stereocenters. The van der Waals surface area contributed by atoms with E-state index >= 15 is 0 Å². The van der Waals surface area contributed by atoms with Gasteiger partial charge in [0.1, 0.15) is 0 Å². The number of hydrogen-bond acceptors (Lipinski definition) is 4. The lowest BCUT2D eigenvalue weighted by atomic mass is 10.1. The van der Waals surface area contributed by atoms with Gasteiger partial charge in [0.2, 0.25) is 0 Å². The summed E-state index contributed by atoms with van der Waals surface area (Å²) in [6, 6.07) is 2.58. The van der Waals surface area contributed by atoms with Crippen LogP contribution in [0, 0.1) is 0 Å². The molecule has 0 aliphatic carbocycles. The third-order valence-electron chi connectivity index (χ3n) is 3.48. The highest BCUT2D eigenvalue weighted by molar-refractivity contribution is 9.10. The molecular weight excluding hydrogens is 298 g/mol. The van der Waals surface area contributed by atoms with E-state index in [9.17, 15) is 0 Å². The van der Waals surface area contributed by atoms with Gasteiger partial charge in [0, 0.05) is 21.9 Å². The normalized spacial score (nSPS) is 25.8. The van der Waals surface area contributed by atoms with Crippen LogP contribution in [0.5, 0.6) is 0 Å². The van der Waals surface area contributed by atoms with Crippen LogP contribution in [0.2, 0.25) is 0 Å². The molecule has 2 heterocycles. The second-order valence-corrected chi connectivity index (χ2v) is 6.62. The van der Waals surface area contributed by atoms with Crippen molar-refractivity contribution in [2.24, 2.45) is 5.73 Å². The van der Waals surface area contributed by atoms with Gasteiger partial charge in [0.25, 0.3) is 0 Å². The number of hydrogen-bond donors (Lipinski definition) is 1. The van der Waals surface area contributed by atoms with Crippen LogP contribution in [-0.2, 0) is 0 Å². The van der Waals surface area contributed by atoms with Gasteiger partial charge < -0.3 is 15.5 Å². The summed E-state index contributed by atoms with van der Waals surface area (Å²) in [5, 5.41) is 2.10. The molecule has 0 aromatic carbocycles. The number of likely N-dealkylation sites (N-methyl/N-ethyl adjacent to an activating group) is 2. The van der Waals surface area contributed by atoms with Crippen molar-refractivity contribution in [2.45, 2.75) is 18.5 Å². The fourth-order valence-electron chi connectivity index (χ4n) is 2.41. The minimum atomic E-state index is 0.0925. The molecule has 1 aliphatic rings. The molecule has 5 heteroatoms. The SMILES string of the molecule is CN1CCCN(C)C(C(N)c2sccc2Br)C1. The predicted octanol–water partition coefficient (Wildman–Crippen LogP) is 2.15. The third kappa shape index (κ3) is 3.09. The van der Waals surface area contributed by atoms with Crippen molar-refractivity contribution in [1.82, 2.24) is 9.80 Å². The van der Waals surface area contributed by atoms with Crippen LogP contribution in [0.25, 0.3) is 0 Å². The summed E-state index contributed by atoms with van der Waals surface area (Å²) >= 11 is 5.33. The average molecular weight is 318 g/mol. The minimum Gasteiger partial charge on any atom is -0.322 e. The first kappa shape index (κ1) is 13.5. The second-order valence-electron chi connectivity index (χ2n) is 4.82. The van der Waals surface area contributed by atoms with E-state index in [0.717, 1.165) is 17.6 Å². The van der Waals surface area contributed by atoms with E-state index in [4.69, 9.17) is 5.73 Å². The molecule has 0 bridgehead atoms. The first-order valence-electron chi connectivity index (χ1n) is 5.97. The summed E-state index contributed by atoms with van der Waals surface area (Å²) in [4.78, 5) is 6.05.